The first kappa shape index (κ1) is 16.2. The summed E-state index contributed by atoms with van der Waals surface area (Å²) in [7, 11) is 0. The number of anilines is 1. The van der Waals surface area contributed by atoms with E-state index < -0.39 is 0 Å². The van der Waals surface area contributed by atoms with E-state index in [1.165, 1.54) is 11.1 Å². The van der Waals surface area contributed by atoms with Gasteiger partial charge in [0.25, 0.3) is 0 Å². The van der Waals surface area contributed by atoms with Gasteiger partial charge in [-0.3, -0.25) is 4.99 Å². The first-order chi connectivity index (χ1) is 10.0. The summed E-state index contributed by atoms with van der Waals surface area (Å²) >= 11 is 1.88. The Bertz CT molecular complexity index is 490. The number of hydrogen-bond donors (Lipinski definition) is 2. The van der Waals surface area contributed by atoms with Crippen LogP contribution in [0.3, 0.4) is 0 Å². The van der Waals surface area contributed by atoms with Crippen molar-refractivity contribution in [2.45, 2.75) is 31.4 Å². The summed E-state index contributed by atoms with van der Waals surface area (Å²) in [5, 5.41) is 3.19. The standard InChI is InChI=1S/C16H25N3OS/c1-12-8-13(2)10-14(9-12)19-15(17)18-11-16(21-3)4-6-20-7-5-16/h8-10H,4-7,11H2,1-3H3,(H3,17,18,19). The molecule has 1 heterocycles. The zero-order chi connectivity index (χ0) is 15.3. The molecule has 3 N–H and O–H groups in total. The lowest BCUT2D eigenvalue weighted by molar-refractivity contribution is 0.0794. The van der Waals surface area contributed by atoms with Crippen molar-refractivity contribution < 1.29 is 4.74 Å². The van der Waals surface area contributed by atoms with Crippen molar-refractivity contribution in [3.8, 4) is 0 Å². The molecule has 0 bridgehead atoms. The van der Waals surface area contributed by atoms with Crippen LogP contribution in [0.25, 0.3) is 0 Å². The van der Waals surface area contributed by atoms with Crippen molar-refractivity contribution in [3.63, 3.8) is 0 Å². The van der Waals surface area contributed by atoms with E-state index in [0.717, 1.165) is 38.3 Å². The zero-order valence-electron chi connectivity index (χ0n) is 13.1. The maximum atomic E-state index is 6.04. The van der Waals surface area contributed by atoms with Crippen LogP contribution in [0.1, 0.15) is 24.0 Å². The largest absolute Gasteiger partial charge is 0.381 e. The third kappa shape index (κ3) is 4.64. The molecule has 1 saturated heterocycles. The Kier molecular flexibility index (Phi) is 5.53. The van der Waals surface area contributed by atoms with Crippen molar-refractivity contribution in [1.29, 1.82) is 0 Å². The number of aliphatic imine (C=N–C) groups is 1. The van der Waals surface area contributed by atoms with E-state index in [-0.39, 0.29) is 4.75 Å². The van der Waals surface area contributed by atoms with Gasteiger partial charge in [0, 0.05) is 23.6 Å². The van der Waals surface area contributed by atoms with E-state index in [9.17, 15) is 0 Å². The number of nitrogens with one attached hydrogen (secondary N) is 1. The van der Waals surface area contributed by atoms with Crippen LogP contribution in [0.2, 0.25) is 0 Å². The summed E-state index contributed by atoms with van der Waals surface area (Å²) in [4.78, 5) is 4.55. The van der Waals surface area contributed by atoms with Crippen LogP contribution in [0.5, 0.6) is 0 Å². The molecule has 1 fully saturated rings. The molecule has 0 saturated carbocycles. The lowest BCUT2D eigenvalue weighted by Crippen LogP contribution is -2.37. The molecule has 0 spiro atoms. The fourth-order valence-electron chi connectivity index (χ4n) is 2.63. The predicted octanol–water partition coefficient (Wildman–Crippen LogP) is 2.94. The van der Waals surface area contributed by atoms with Crippen LogP contribution < -0.4 is 11.1 Å². The van der Waals surface area contributed by atoms with Crippen LogP contribution in [0.4, 0.5) is 5.69 Å². The van der Waals surface area contributed by atoms with E-state index >= 15 is 0 Å². The molecule has 21 heavy (non-hydrogen) atoms. The number of aryl methyl sites for hydroxylation is 2. The molecular weight excluding hydrogens is 282 g/mol. The van der Waals surface area contributed by atoms with Gasteiger partial charge in [0.1, 0.15) is 0 Å². The first-order valence-corrected chi connectivity index (χ1v) is 8.54. The molecule has 2 rings (SSSR count). The monoisotopic (exact) mass is 307 g/mol. The molecule has 0 radical (unpaired) electrons. The average molecular weight is 307 g/mol. The second-order valence-corrected chi connectivity index (χ2v) is 6.98. The topological polar surface area (TPSA) is 59.6 Å². The van der Waals surface area contributed by atoms with Gasteiger partial charge >= 0.3 is 0 Å². The zero-order valence-corrected chi connectivity index (χ0v) is 13.9. The second-order valence-electron chi connectivity index (χ2n) is 5.70. The molecule has 0 atom stereocenters. The Balaban J connectivity index is 2.00. The maximum Gasteiger partial charge on any atom is 0.193 e. The van der Waals surface area contributed by atoms with Crippen LogP contribution in [0, 0.1) is 13.8 Å². The van der Waals surface area contributed by atoms with Crippen LogP contribution in [-0.2, 0) is 4.74 Å². The number of hydrogen-bond acceptors (Lipinski definition) is 3. The second kappa shape index (κ2) is 7.18. The van der Waals surface area contributed by atoms with Gasteiger partial charge in [-0.2, -0.15) is 11.8 Å². The van der Waals surface area contributed by atoms with Crippen molar-refractivity contribution in [2.24, 2.45) is 10.7 Å². The third-order valence-electron chi connectivity index (χ3n) is 3.87. The molecule has 5 heteroatoms. The summed E-state index contributed by atoms with van der Waals surface area (Å²) in [6.45, 7) is 6.54. The van der Waals surface area contributed by atoms with Gasteiger partial charge in [0.15, 0.2) is 5.96 Å². The Hall–Kier alpha value is -1.20. The van der Waals surface area contributed by atoms with Gasteiger partial charge in [-0.25, -0.2) is 0 Å². The van der Waals surface area contributed by atoms with Crippen LogP contribution in [0.15, 0.2) is 23.2 Å². The lowest BCUT2D eigenvalue weighted by Gasteiger charge is -2.34. The smallest absolute Gasteiger partial charge is 0.193 e. The molecule has 1 aliphatic heterocycles. The molecule has 1 aliphatic rings. The van der Waals surface area contributed by atoms with Gasteiger partial charge in [-0.15, -0.1) is 0 Å². The number of nitrogens with zero attached hydrogens (tertiary/aromatic N) is 1. The van der Waals surface area contributed by atoms with Crippen LogP contribution in [-0.4, -0.2) is 36.7 Å². The van der Waals surface area contributed by atoms with Crippen molar-refractivity contribution in [3.05, 3.63) is 29.3 Å². The summed E-state index contributed by atoms with van der Waals surface area (Å²) in [5.41, 5.74) is 9.47. The number of nitrogens with two attached hydrogens (primary N) is 1. The van der Waals surface area contributed by atoms with E-state index in [1.54, 1.807) is 0 Å². The van der Waals surface area contributed by atoms with E-state index in [1.807, 2.05) is 11.8 Å². The predicted molar refractivity (Wildman–Crippen MR) is 92.3 cm³/mol. The summed E-state index contributed by atoms with van der Waals surface area (Å²) < 4.78 is 5.62. The number of guanidine groups is 1. The minimum atomic E-state index is 0.174. The third-order valence-corrected chi connectivity index (χ3v) is 5.27. The molecule has 116 valence electrons. The minimum absolute atomic E-state index is 0.174. The minimum Gasteiger partial charge on any atom is -0.381 e. The Morgan fingerprint density at radius 1 is 1.29 bits per heavy atom. The number of benzene rings is 1. The Morgan fingerprint density at radius 2 is 1.90 bits per heavy atom. The van der Waals surface area contributed by atoms with Crippen LogP contribution >= 0.6 is 11.8 Å². The molecule has 0 aromatic heterocycles. The highest BCUT2D eigenvalue weighted by atomic mass is 32.2. The van der Waals surface area contributed by atoms with Gasteiger partial charge in [0.05, 0.1) is 6.54 Å². The van der Waals surface area contributed by atoms with E-state index in [2.05, 4.69) is 48.6 Å². The highest BCUT2D eigenvalue weighted by Gasteiger charge is 2.31. The normalized spacial score (nSPS) is 18.5. The maximum absolute atomic E-state index is 6.04. The summed E-state index contributed by atoms with van der Waals surface area (Å²) in [5.74, 6) is 0.486. The fourth-order valence-corrected chi connectivity index (χ4v) is 3.40. The van der Waals surface area contributed by atoms with Gasteiger partial charge in [-0.05, 0) is 56.2 Å². The first-order valence-electron chi connectivity index (χ1n) is 7.31. The van der Waals surface area contributed by atoms with Crippen molar-refractivity contribution >= 4 is 23.4 Å². The molecule has 4 nitrogen and oxygen atoms in total. The quantitative estimate of drug-likeness (QED) is 0.663. The number of ether oxygens (including phenoxy) is 1. The number of thioether (sulfide) groups is 1. The molecular formula is C16H25N3OS. The van der Waals surface area contributed by atoms with Gasteiger partial charge < -0.3 is 15.8 Å². The molecule has 0 unspecified atom stereocenters. The fraction of sp³-hybridized carbons (Fsp3) is 0.562. The Morgan fingerprint density at radius 3 is 2.48 bits per heavy atom. The highest BCUT2D eigenvalue weighted by Crippen LogP contribution is 2.33. The summed E-state index contributed by atoms with van der Waals surface area (Å²) in [6.07, 6.45) is 4.22. The molecule has 0 aliphatic carbocycles. The average Bonchev–Trinajstić information content (AvgIpc) is 2.45. The van der Waals surface area contributed by atoms with Gasteiger partial charge in [0.2, 0.25) is 0 Å². The highest BCUT2D eigenvalue weighted by molar-refractivity contribution is 8.00. The van der Waals surface area contributed by atoms with Gasteiger partial charge in [-0.1, -0.05) is 6.07 Å². The Labute approximate surface area is 131 Å². The SMILES string of the molecule is CSC1(CN=C(N)Nc2cc(C)cc(C)c2)CCOCC1. The van der Waals surface area contributed by atoms with Crippen molar-refractivity contribution in [2.75, 3.05) is 31.3 Å². The lowest BCUT2D eigenvalue weighted by atomic mass is 9.99. The van der Waals surface area contributed by atoms with E-state index in [0.29, 0.717) is 5.96 Å². The van der Waals surface area contributed by atoms with Crippen molar-refractivity contribution in [1.82, 2.24) is 0 Å². The summed E-state index contributed by atoms with van der Waals surface area (Å²) in [6, 6.07) is 6.30. The van der Waals surface area contributed by atoms with E-state index in [4.69, 9.17) is 10.5 Å². The molecule has 1 aromatic rings. The molecule has 1 aromatic carbocycles. The number of rotatable bonds is 4. The molecule has 0 amide bonds.